The lowest BCUT2D eigenvalue weighted by Crippen LogP contribution is -2.46. The molecule has 27 heavy (non-hydrogen) atoms. The molecule has 2 N–H and O–H groups in total. The van der Waals surface area contributed by atoms with Gasteiger partial charge in [-0.2, -0.15) is 0 Å². The average Bonchev–Trinajstić information content (AvgIpc) is 2.68. The summed E-state index contributed by atoms with van der Waals surface area (Å²) < 4.78 is 6.43. The largest absolute Gasteiger partial charge is 0.482 e. The van der Waals surface area contributed by atoms with Crippen LogP contribution in [0.15, 0.2) is 54.6 Å². The molecule has 0 bridgehead atoms. The summed E-state index contributed by atoms with van der Waals surface area (Å²) in [5.41, 5.74) is 3.87. The van der Waals surface area contributed by atoms with Crippen LogP contribution in [0.3, 0.4) is 0 Å². The number of fused-ring (bicyclic) bond motifs is 1. The number of hydrogen-bond acceptors (Lipinski definition) is 3. The molecule has 4 nitrogen and oxygen atoms in total. The molecule has 2 aromatic rings. The molecular weight excluding hydrogens is 360 g/mol. The lowest BCUT2D eigenvalue weighted by Gasteiger charge is -2.40. The molecule has 0 radical (unpaired) electrons. The van der Waals surface area contributed by atoms with Gasteiger partial charge in [-0.1, -0.05) is 30.3 Å². The van der Waals surface area contributed by atoms with E-state index in [2.05, 4.69) is 28.8 Å². The van der Waals surface area contributed by atoms with Gasteiger partial charge in [-0.15, -0.1) is 12.4 Å². The first-order chi connectivity index (χ1) is 12.7. The van der Waals surface area contributed by atoms with Crippen molar-refractivity contribution in [3.05, 3.63) is 71.3 Å². The topological polar surface area (TPSA) is 50.4 Å². The Morgan fingerprint density at radius 1 is 1.11 bits per heavy atom. The van der Waals surface area contributed by atoms with Crippen LogP contribution >= 0.6 is 12.4 Å². The zero-order valence-electron chi connectivity index (χ0n) is 15.5. The minimum atomic E-state index is -0.243. The van der Waals surface area contributed by atoms with Crippen LogP contribution in [0.5, 0.6) is 5.75 Å². The maximum atomic E-state index is 12.0. The van der Waals surface area contributed by atoms with Gasteiger partial charge in [0.25, 0.3) is 5.91 Å². The van der Waals surface area contributed by atoms with E-state index in [1.54, 1.807) is 0 Å². The SMILES string of the molecule is CCNC(=O)c1ccc(C2=CC3(CCNCC3)Oc3ccccc32)cc1.Cl. The average molecular weight is 385 g/mol. The third-order valence-corrected chi connectivity index (χ3v) is 5.14. The first kappa shape index (κ1) is 19.5. The number of ether oxygens (including phenoxy) is 1. The highest BCUT2D eigenvalue weighted by atomic mass is 35.5. The second kappa shape index (κ2) is 8.15. The number of benzene rings is 2. The van der Waals surface area contributed by atoms with Crippen LogP contribution in [0.4, 0.5) is 0 Å². The molecule has 0 aliphatic carbocycles. The normalized spacial score (nSPS) is 17.1. The molecule has 0 aromatic heterocycles. The van der Waals surface area contributed by atoms with Crippen LogP contribution in [0.2, 0.25) is 0 Å². The molecular formula is C22H25ClN2O2. The quantitative estimate of drug-likeness (QED) is 0.846. The van der Waals surface area contributed by atoms with Gasteiger partial charge >= 0.3 is 0 Å². The van der Waals surface area contributed by atoms with Crippen molar-refractivity contribution < 1.29 is 9.53 Å². The Kier molecular flexibility index (Phi) is 5.88. The summed E-state index contributed by atoms with van der Waals surface area (Å²) in [7, 11) is 0. The zero-order chi connectivity index (χ0) is 18.0. The molecule has 0 atom stereocenters. The van der Waals surface area contributed by atoms with Crippen molar-refractivity contribution in [1.82, 2.24) is 10.6 Å². The number of carbonyl (C=O) groups excluding carboxylic acids is 1. The molecule has 1 spiro atoms. The molecule has 1 fully saturated rings. The smallest absolute Gasteiger partial charge is 0.251 e. The van der Waals surface area contributed by atoms with Gasteiger partial charge in [0, 0.05) is 30.5 Å². The monoisotopic (exact) mass is 384 g/mol. The Bertz CT molecular complexity index is 840. The summed E-state index contributed by atoms with van der Waals surface area (Å²) in [6, 6.07) is 16.1. The second-order valence-electron chi connectivity index (χ2n) is 6.91. The van der Waals surface area contributed by atoms with Crippen LogP contribution in [-0.4, -0.2) is 31.1 Å². The number of hydrogen-bond donors (Lipinski definition) is 2. The van der Waals surface area contributed by atoms with Gasteiger partial charge in [-0.3, -0.25) is 4.79 Å². The Hall–Kier alpha value is -2.30. The highest BCUT2D eigenvalue weighted by Crippen LogP contribution is 2.42. The van der Waals surface area contributed by atoms with Crippen molar-refractivity contribution in [3.8, 4) is 5.75 Å². The molecule has 142 valence electrons. The number of nitrogens with one attached hydrogen (secondary N) is 2. The molecule has 2 aromatic carbocycles. The summed E-state index contributed by atoms with van der Waals surface area (Å²) in [4.78, 5) is 12.0. The number of piperidine rings is 1. The Balaban J connectivity index is 0.00000210. The number of rotatable bonds is 3. The minimum absolute atomic E-state index is 0. The highest BCUT2D eigenvalue weighted by molar-refractivity contribution is 5.95. The van der Waals surface area contributed by atoms with Gasteiger partial charge in [0.05, 0.1) is 0 Å². The fourth-order valence-corrected chi connectivity index (χ4v) is 3.77. The van der Waals surface area contributed by atoms with Crippen molar-refractivity contribution in [2.24, 2.45) is 0 Å². The summed E-state index contributed by atoms with van der Waals surface area (Å²) in [5.74, 6) is 0.912. The number of carbonyl (C=O) groups is 1. The Morgan fingerprint density at radius 3 is 2.52 bits per heavy atom. The van der Waals surface area contributed by atoms with Gasteiger partial charge < -0.3 is 15.4 Å². The van der Waals surface area contributed by atoms with E-state index >= 15 is 0 Å². The van der Waals surface area contributed by atoms with E-state index in [1.807, 2.05) is 43.3 Å². The highest BCUT2D eigenvalue weighted by Gasteiger charge is 2.36. The van der Waals surface area contributed by atoms with E-state index in [1.165, 1.54) is 5.57 Å². The van der Waals surface area contributed by atoms with Gasteiger partial charge in [0.15, 0.2) is 0 Å². The first-order valence-corrected chi connectivity index (χ1v) is 9.31. The molecule has 2 aliphatic rings. The molecule has 5 heteroatoms. The van der Waals surface area contributed by atoms with Crippen LogP contribution in [-0.2, 0) is 0 Å². The predicted molar refractivity (Wildman–Crippen MR) is 111 cm³/mol. The summed E-state index contributed by atoms with van der Waals surface area (Å²) in [5, 5.41) is 6.26. The molecule has 1 amide bonds. The Labute approximate surface area is 166 Å². The third-order valence-electron chi connectivity index (χ3n) is 5.14. The summed E-state index contributed by atoms with van der Waals surface area (Å²) >= 11 is 0. The summed E-state index contributed by atoms with van der Waals surface area (Å²) in [6.07, 6.45) is 4.21. The lowest BCUT2D eigenvalue weighted by molar-refractivity contribution is 0.0817. The van der Waals surface area contributed by atoms with Crippen molar-refractivity contribution in [2.45, 2.75) is 25.4 Å². The van der Waals surface area contributed by atoms with Gasteiger partial charge in [0.2, 0.25) is 0 Å². The van der Waals surface area contributed by atoms with Crippen LogP contribution in [0, 0.1) is 0 Å². The van der Waals surface area contributed by atoms with Gasteiger partial charge in [-0.05, 0) is 55.4 Å². The fraction of sp³-hybridized carbons (Fsp3) is 0.318. The second-order valence-corrected chi connectivity index (χ2v) is 6.91. The van der Waals surface area contributed by atoms with Crippen molar-refractivity contribution >= 4 is 23.9 Å². The Morgan fingerprint density at radius 2 is 1.81 bits per heavy atom. The van der Waals surface area contributed by atoms with Gasteiger partial charge in [-0.25, -0.2) is 0 Å². The van der Waals surface area contributed by atoms with E-state index in [0.717, 1.165) is 42.8 Å². The molecule has 4 rings (SSSR count). The first-order valence-electron chi connectivity index (χ1n) is 9.31. The van der Waals surface area contributed by atoms with Crippen molar-refractivity contribution in [1.29, 1.82) is 0 Å². The van der Waals surface area contributed by atoms with Crippen LogP contribution in [0.25, 0.3) is 5.57 Å². The zero-order valence-corrected chi connectivity index (χ0v) is 16.3. The molecule has 0 unspecified atom stereocenters. The standard InChI is InChI=1S/C22H24N2O2.ClH/c1-2-24-21(25)17-9-7-16(8-10-17)19-15-22(11-13-23-14-12-22)26-20-6-4-3-5-18(19)20;/h3-10,15,23H,2,11-14H2,1H3,(H,24,25);1H. The molecule has 1 saturated heterocycles. The molecule has 2 aliphatic heterocycles. The third kappa shape index (κ3) is 3.87. The van der Waals surface area contributed by atoms with E-state index in [4.69, 9.17) is 4.74 Å². The van der Waals surface area contributed by atoms with Gasteiger partial charge in [0.1, 0.15) is 11.4 Å². The van der Waals surface area contributed by atoms with E-state index in [0.29, 0.717) is 12.1 Å². The fourth-order valence-electron chi connectivity index (χ4n) is 3.77. The number of amides is 1. The predicted octanol–water partition coefficient (Wildman–Crippen LogP) is 3.80. The maximum Gasteiger partial charge on any atom is 0.251 e. The van der Waals surface area contributed by atoms with E-state index in [-0.39, 0.29) is 23.9 Å². The minimum Gasteiger partial charge on any atom is -0.482 e. The van der Waals surface area contributed by atoms with Crippen LogP contribution in [0.1, 0.15) is 41.3 Å². The molecule has 2 heterocycles. The van der Waals surface area contributed by atoms with Crippen molar-refractivity contribution in [3.63, 3.8) is 0 Å². The number of para-hydroxylation sites is 1. The summed E-state index contributed by atoms with van der Waals surface area (Å²) in [6.45, 7) is 4.48. The lowest BCUT2D eigenvalue weighted by atomic mass is 9.83. The molecule has 0 saturated carbocycles. The van der Waals surface area contributed by atoms with Crippen LogP contribution < -0.4 is 15.4 Å². The van der Waals surface area contributed by atoms with E-state index < -0.39 is 0 Å². The maximum absolute atomic E-state index is 12.0. The van der Waals surface area contributed by atoms with Crippen molar-refractivity contribution in [2.75, 3.05) is 19.6 Å². The van der Waals surface area contributed by atoms with E-state index in [9.17, 15) is 4.79 Å². The number of halogens is 1.